The summed E-state index contributed by atoms with van der Waals surface area (Å²) in [5.74, 6) is 0. The first-order valence-electron chi connectivity index (χ1n) is 2.98. The van der Waals surface area contributed by atoms with Crippen molar-refractivity contribution in [2.75, 3.05) is 0 Å². The zero-order chi connectivity index (χ0) is 6.69. The summed E-state index contributed by atoms with van der Waals surface area (Å²) in [7, 11) is 0. The largest absolute Gasteiger partial charge is 0.0613 e. The Morgan fingerprint density at radius 3 is 2.78 bits per heavy atom. The van der Waals surface area contributed by atoms with Crippen LogP contribution >= 0.6 is 22.6 Å². The number of halogens is 1. The molecule has 1 aromatic rings. The lowest BCUT2D eigenvalue weighted by atomic mass is 10.2. The first-order chi connectivity index (χ1) is 4.33. The highest BCUT2D eigenvalue weighted by atomic mass is 127. The highest BCUT2D eigenvalue weighted by molar-refractivity contribution is 14.1. The van der Waals surface area contributed by atoms with Crippen molar-refractivity contribution in [2.24, 2.45) is 0 Å². The summed E-state index contributed by atoms with van der Waals surface area (Å²) < 4.78 is 1.27. The molecular weight excluding hydrogens is 223 g/mol. The van der Waals surface area contributed by atoms with E-state index in [9.17, 15) is 0 Å². The van der Waals surface area contributed by atoms with Crippen LogP contribution in [0.25, 0.3) is 0 Å². The minimum Gasteiger partial charge on any atom is -0.0613 e. The molecule has 1 heteroatoms. The van der Waals surface area contributed by atoms with Crippen molar-refractivity contribution >= 4 is 22.6 Å². The number of hydrogen-bond donors (Lipinski definition) is 0. The molecule has 0 spiro atoms. The molecule has 0 nitrogen and oxygen atoms in total. The van der Waals surface area contributed by atoms with Crippen molar-refractivity contribution in [3.8, 4) is 0 Å². The topological polar surface area (TPSA) is 0 Å². The van der Waals surface area contributed by atoms with Gasteiger partial charge in [-0.2, -0.15) is 0 Å². The third-order valence-electron chi connectivity index (χ3n) is 1.22. The molecule has 9 heavy (non-hydrogen) atoms. The molecule has 0 unspecified atom stereocenters. The Hall–Kier alpha value is -0.0500. The van der Waals surface area contributed by atoms with Gasteiger partial charge in [0.25, 0.3) is 0 Å². The van der Waals surface area contributed by atoms with Crippen molar-refractivity contribution in [2.45, 2.75) is 13.3 Å². The van der Waals surface area contributed by atoms with Gasteiger partial charge in [0.15, 0.2) is 0 Å². The number of rotatable bonds is 1. The Kier molecular flexibility index (Phi) is 2.51. The molecule has 0 heterocycles. The first-order valence-corrected chi connectivity index (χ1v) is 4.06. The lowest BCUT2D eigenvalue weighted by Crippen LogP contribution is -1.78. The highest BCUT2D eigenvalue weighted by Gasteiger charge is 1.87. The maximum atomic E-state index is 3.07. The van der Waals surface area contributed by atoms with Gasteiger partial charge in [0.1, 0.15) is 0 Å². The van der Waals surface area contributed by atoms with Gasteiger partial charge in [-0.3, -0.25) is 0 Å². The smallest absolute Gasteiger partial charge is 0.0139 e. The second kappa shape index (κ2) is 3.20. The number of benzene rings is 1. The number of hydrogen-bond acceptors (Lipinski definition) is 0. The van der Waals surface area contributed by atoms with Gasteiger partial charge in [0.2, 0.25) is 0 Å². The van der Waals surface area contributed by atoms with Crippen LogP contribution in [0.5, 0.6) is 0 Å². The lowest BCUT2D eigenvalue weighted by molar-refractivity contribution is 1.14. The summed E-state index contributed by atoms with van der Waals surface area (Å²) in [5.41, 5.74) is 1.36. The molecular formula is C8H8I. The monoisotopic (exact) mass is 231 g/mol. The molecule has 0 saturated carbocycles. The Balaban J connectivity index is 2.94. The Morgan fingerprint density at radius 2 is 2.33 bits per heavy atom. The third-order valence-corrected chi connectivity index (χ3v) is 1.84. The van der Waals surface area contributed by atoms with Crippen LogP contribution in [0, 0.1) is 9.64 Å². The molecule has 0 amide bonds. The Bertz CT molecular complexity index is 194. The summed E-state index contributed by atoms with van der Waals surface area (Å²) in [6.07, 6.45) is 1.10. The van der Waals surface area contributed by atoms with E-state index in [0.717, 1.165) is 6.42 Å². The van der Waals surface area contributed by atoms with E-state index < -0.39 is 0 Å². The quantitative estimate of drug-likeness (QED) is 0.652. The molecule has 47 valence electrons. The standard InChI is InChI=1S/C8H8I/c1-2-7-4-3-5-8(9)6-7/h4-6H,2H2,1H3. The lowest BCUT2D eigenvalue weighted by Gasteiger charge is -1.93. The van der Waals surface area contributed by atoms with E-state index in [1.54, 1.807) is 0 Å². The van der Waals surface area contributed by atoms with Gasteiger partial charge in [-0.15, -0.1) is 0 Å². The van der Waals surface area contributed by atoms with Crippen LogP contribution in [0.2, 0.25) is 0 Å². The van der Waals surface area contributed by atoms with E-state index in [0.29, 0.717) is 0 Å². The van der Waals surface area contributed by atoms with Crippen molar-refractivity contribution in [3.63, 3.8) is 0 Å². The molecule has 0 aliphatic heterocycles. The SMILES string of the molecule is CCc1c[c]cc(I)c1. The zero-order valence-electron chi connectivity index (χ0n) is 5.32. The van der Waals surface area contributed by atoms with Gasteiger partial charge in [-0.25, -0.2) is 0 Å². The normalized spacial score (nSPS) is 9.56. The van der Waals surface area contributed by atoms with Crippen molar-refractivity contribution in [3.05, 3.63) is 33.4 Å². The Labute approximate surface area is 69.4 Å². The fraction of sp³-hybridized carbons (Fsp3) is 0.250. The van der Waals surface area contributed by atoms with E-state index in [4.69, 9.17) is 0 Å². The molecule has 0 fully saturated rings. The first kappa shape index (κ1) is 7.06. The molecule has 0 atom stereocenters. The fourth-order valence-electron chi connectivity index (χ4n) is 0.693. The van der Waals surface area contributed by atoms with Crippen molar-refractivity contribution < 1.29 is 0 Å². The van der Waals surface area contributed by atoms with Crippen LogP contribution in [0.3, 0.4) is 0 Å². The summed E-state index contributed by atoms with van der Waals surface area (Å²) in [4.78, 5) is 0. The van der Waals surface area contributed by atoms with Crippen LogP contribution in [-0.2, 0) is 6.42 Å². The van der Waals surface area contributed by atoms with Crippen LogP contribution < -0.4 is 0 Å². The minimum atomic E-state index is 1.10. The van der Waals surface area contributed by atoms with E-state index in [-0.39, 0.29) is 0 Å². The van der Waals surface area contributed by atoms with Crippen molar-refractivity contribution in [1.82, 2.24) is 0 Å². The van der Waals surface area contributed by atoms with Gasteiger partial charge in [-0.05, 0) is 52.8 Å². The molecule has 0 bridgehead atoms. The maximum absolute atomic E-state index is 3.07. The van der Waals surface area contributed by atoms with E-state index in [2.05, 4.69) is 41.6 Å². The molecule has 0 N–H and O–H groups in total. The summed E-state index contributed by atoms with van der Waals surface area (Å²) >= 11 is 2.30. The van der Waals surface area contributed by atoms with Gasteiger partial charge < -0.3 is 0 Å². The zero-order valence-corrected chi connectivity index (χ0v) is 7.47. The molecule has 0 saturated heterocycles. The van der Waals surface area contributed by atoms with E-state index >= 15 is 0 Å². The van der Waals surface area contributed by atoms with Gasteiger partial charge >= 0.3 is 0 Å². The van der Waals surface area contributed by atoms with Crippen LogP contribution in [-0.4, -0.2) is 0 Å². The molecule has 0 aliphatic rings. The summed E-state index contributed by atoms with van der Waals surface area (Å²) in [6, 6.07) is 9.27. The third kappa shape index (κ3) is 1.97. The molecule has 1 rings (SSSR count). The summed E-state index contributed by atoms with van der Waals surface area (Å²) in [6.45, 7) is 2.15. The van der Waals surface area contributed by atoms with Gasteiger partial charge in [0, 0.05) is 3.57 Å². The van der Waals surface area contributed by atoms with Gasteiger partial charge in [0.05, 0.1) is 0 Å². The van der Waals surface area contributed by atoms with Crippen LogP contribution in [0.1, 0.15) is 12.5 Å². The van der Waals surface area contributed by atoms with Crippen LogP contribution in [0.4, 0.5) is 0 Å². The minimum absolute atomic E-state index is 1.10. The molecule has 0 aliphatic carbocycles. The average Bonchev–Trinajstić information content (AvgIpc) is 1.88. The second-order valence-electron chi connectivity index (χ2n) is 1.91. The van der Waals surface area contributed by atoms with E-state index in [1.807, 2.05) is 12.1 Å². The average molecular weight is 231 g/mol. The maximum Gasteiger partial charge on any atom is 0.0139 e. The van der Waals surface area contributed by atoms with Crippen LogP contribution in [0.15, 0.2) is 18.2 Å². The Morgan fingerprint density at radius 1 is 1.56 bits per heavy atom. The fourth-order valence-corrected chi connectivity index (χ4v) is 1.27. The molecule has 1 radical (unpaired) electrons. The van der Waals surface area contributed by atoms with Crippen molar-refractivity contribution in [1.29, 1.82) is 0 Å². The predicted molar refractivity (Wildman–Crippen MR) is 47.4 cm³/mol. The predicted octanol–water partition coefficient (Wildman–Crippen LogP) is 2.65. The molecule has 0 aromatic heterocycles. The van der Waals surface area contributed by atoms with E-state index in [1.165, 1.54) is 9.13 Å². The number of aryl methyl sites for hydroxylation is 1. The molecule has 1 aromatic carbocycles. The highest BCUT2D eigenvalue weighted by Crippen LogP contribution is 2.06. The second-order valence-corrected chi connectivity index (χ2v) is 3.16. The van der Waals surface area contributed by atoms with Gasteiger partial charge in [-0.1, -0.05) is 13.0 Å². The summed E-state index contributed by atoms with van der Waals surface area (Å²) in [5, 5.41) is 0.